The highest BCUT2D eigenvalue weighted by Crippen LogP contribution is 2.48. The second-order valence-corrected chi connectivity index (χ2v) is 6.66. The smallest absolute Gasteiger partial charge is 0.283 e. The van der Waals surface area contributed by atoms with E-state index in [9.17, 15) is 4.79 Å². The molecule has 0 aliphatic carbocycles. The first-order valence-electron chi connectivity index (χ1n) is 7.94. The van der Waals surface area contributed by atoms with Gasteiger partial charge in [-0.15, -0.1) is 0 Å². The molecule has 0 unspecified atom stereocenters. The van der Waals surface area contributed by atoms with Crippen LogP contribution in [0.5, 0.6) is 0 Å². The summed E-state index contributed by atoms with van der Waals surface area (Å²) in [5, 5.41) is 6.97. The summed E-state index contributed by atoms with van der Waals surface area (Å²) in [6.07, 6.45) is 0. The molecule has 0 spiro atoms. The number of nitrogens with zero attached hydrogens (tertiary/aromatic N) is 3. The van der Waals surface area contributed by atoms with Crippen molar-refractivity contribution in [2.24, 2.45) is 5.10 Å². The van der Waals surface area contributed by atoms with Gasteiger partial charge in [0.1, 0.15) is 0 Å². The predicted molar refractivity (Wildman–Crippen MR) is 99.4 cm³/mol. The number of hydrogen-bond donors (Lipinski definition) is 0. The minimum Gasteiger partial charge on any atom is -0.335 e. The van der Waals surface area contributed by atoms with Gasteiger partial charge in [-0.05, 0) is 38.1 Å². The first kappa shape index (κ1) is 15.0. The fourth-order valence-corrected chi connectivity index (χ4v) is 4.34. The number of benzene rings is 2. The van der Waals surface area contributed by atoms with E-state index in [1.807, 2.05) is 49.4 Å². The summed E-state index contributed by atoms with van der Waals surface area (Å²) in [7, 11) is 0. The molecular weight excluding hydrogens is 318 g/mol. The van der Waals surface area contributed by atoms with Crippen LogP contribution in [0.25, 0.3) is 0 Å². The maximum absolute atomic E-state index is 13.0. The van der Waals surface area contributed by atoms with Crippen molar-refractivity contribution < 1.29 is 4.79 Å². The lowest BCUT2D eigenvalue weighted by molar-refractivity contribution is -0.114. The SMILES string of the molecule is CCN1C(=C2C(=O)N(c3ccccc3)N=C2C)Sc2ccccc21. The Hall–Kier alpha value is -2.53. The predicted octanol–water partition coefficient (Wildman–Crippen LogP) is 4.25. The average Bonchev–Trinajstić information content (AvgIpc) is 3.12. The van der Waals surface area contributed by atoms with E-state index in [4.69, 9.17) is 0 Å². The summed E-state index contributed by atoms with van der Waals surface area (Å²) in [5.74, 6) is -0.0625. The first-order chi connectivity index (χ1) is 11.7. The Balaban J connectivity index is 1.79. The van der Waals surface area contributed by atoms with Crippen LogP contribution in [-0.2, 0) is 4.79 Å². The Bertz CT molecular complexity index is 873. The number of hydrogen-bond acceptors (Lipinski definition) is 4. The summed E-state index contributed by atoms with van der Waals surface area (Å²) in [4.78, 5) is 16.4. The Morgan fingerprint density at radius 2 is 1.75 bits per heavy atom. The maximum Gasteiger partial charge on any atom is 0.283 e. The molecule has 1 amide bonds. The van der Waals surface area contributed by atoms with Crippen LogP contribution < -0.4 is 9.91 Å². The summed E-state index contributed by atoms with van der Waals surface area (Å²) in [6, 6.07) is 17.8. The zero-order chi connectivity index (χ0) is 16.7. The first-order valence-corrected chi connectivity index (χ1v) is 8.76. The second-order valence-electron chi connectivity index (χ2n) is 5.63. The van der Waals surface area contributed by atoms with Crippen LogP contribution in [0.2, 0.25) is 0 Å². The summed E-state index contributed by atoms with van der Waals surface area (Å²) >= 11 is 1.65. The van der Waals surface area contributed by atoms with E-state index in [-0.39, 0.29) is 5.91 Å². The number of thioether (sulfide) groups is 1. The maximum atomic E-state index is 13.0. The molecule has 2 aliphatic heterocycles. The van der Waals surface area contributed by atoms with E-state index < -0.39 is 0 Å². The van der Waals surface area contributed by atoms with Gasteiger partial charge in [-0.25, -0.2) is 0 Å². The van der Waals surface area contributed by atoms with Crippen molar-refractivity contribution >= 4 is 34.8 Å². The molecule has 0 bridgehead atoms. The molecule has 0 saturated heterocycles. The Morgan fingerprint density at radius 3 is 2.50 bits per heavy atom. The number of carbonyl (C=O) groups is 1. The lowest BCUT2D eigenvalue weighted by Gasteiger charge is -2.20. The number of amides is 1. The van der Waals surface area contributed by atoms with Crippen LogP contribution in [0, 0.1) is 0 Å². The van der Waals surface area contributed by atoms with Crippen LogP contribution in [-0.4, -0.2) is 18.2 Å². The number of anilines is 2. The van der Waals surface area contributed by atoms with Gasteiger partial charge >= 0.3 is 0 Å². The summed E-state index contributed by atoms with van der Waals surface area (Å²) in [6.45, 7) is 4.82. The highest BCUT2D eigenvalue weighted by molar-refractivity contribution is 8.03. The molecule has 0 radical (unpaired) electrons. The number of rotatable bonds is 2. The lowest BCUT2D eigenvalue weighted by Crippen LogP contribution is -2.26. The molecule has 2 aromatic rings. The van der Waals surface area contributed by atoms with E-state index in [1.54, 1.807) is 11.8 Å². The fourth-order valence-electron chi connectivity index (χ4n) is 3.03. The third kappa shape index (κ3) is 2.24. The van der Waals surface area contributed by atoms with Gasteiger partial charge < -0.3 is 4.90 Å². The number of para-hydroxylation sites is 2. The van der Waals surface area contributed by atoms with Crippen molar-refractivity contribution in [3.05, 3.63) is 65.2 Å². The molecule has 2 aromatic carbocycles. The van der Waals surface area contributed by atoms with Gasteiger partial charge in [-0.3, -0.25) is 4.79 Å². The van der Waals surface area contributed by atoms with E-state index in [0.29, 0.717) is 5.57 Å². The van der Waals surface area contributed by atoms with E-state index in [1.165, 1.54) is 9.90 Å². The molecule has 5 heteroatoms. The fraction of sp³-hybridized carbons (Fsp3) is 0.158. The van der Waals surface area contributed by atoms with E-state index >= 15 is 0 Å². The molecule has 0 fully saturated rings. The minimum absolute atomic E-state index is 0.0625. The Labute approximate surface area is 145 Å². The molecule has 2 heterocycles. The molecule has 4 nitrogen and oxygen atoms in total. The third-order valence-corrected chi connectivity index (χ3v) is 5.34. The normalized spacial score (nSPS) is 19.8. The van der Waals surface area contributed by atoms with Crippen molar-refractivity contribution in [3.63, 3.8) is 0 Å². The van der Waals surface area contributed by atoms with Gasteiger partial charge in [0.05, 0.1) is 27.7 Å². The molecule has 0 atom stereocenters. The summed E-state index contributed by atoms with van der Waals surface area (Å²) < 4.78 is 0. The van der Waals surface area contributed by atoms with Crippen molar-refractivity contribution in [3.8, 4) is 0 Å². The monoisotopic (exact) mass is 335 g/mol. The van der Waals surface area contributed by atoms with E-state index in [2.05, 4.69) is 29.1 Å². The van der Waals surface area contributed by atoms with Crippen molar-refractivity contribution in [2.75, 3.05) is 16.5 Å². The van der Waals surface area contributed by atoms with Gasteiger partial charge in [-0.1, -0.05) is 42.1 Å². The molecule has 0 N–H and O–H groups in total. The zero-order valence-electron chi connectivity index (χ0n) is 13.6. The van der Waals surface area contributed by atoms with Crippen LogP contribution in [0.3, 0.4) is 0 Å². The summed E-state index contributed by atoms with van der Waals surface area (Å²) in [5.41, 5.74) is 3.41. The third-order valence-electron chi connectivity index (χ3n) is 4.16. The van der Waals surface area contributed by atoms with Crippen LogP contribution in [0.1, 0.15) is 13.8 Å². The van der Waals surface area contributed by atoms with Crippen LogP contribution >= 0.6 is 11.8 Å². The molecule has 0 aromatic heterocycles. The van der Waals surface area contributed by atoms with E-state index in [0.717, 1.165) is 28.7 Å². The Morgan fingerprint density at radius 1 is 1.04 bits per heavy atom. The molecule has 120 valence electrons. The zero-order valence-corrected chi connectivity index (χ0v) is 14.4. The van der Waals surface area contributed by atoms with Gasteiger partial charge in [0.25, 0.3) is 5.91 Å². The lowest BCUT2D eigenvalue weighted by atomic mass is 10.1. The molecular formula is C19H17N3OS. The second kappa shape index (κ2) is 5.83. The van der Waals surface area contributed by atoms with Gasteiger partial charge in [0.15, 0.2) is 0 Å². The molecule has 0 saturated carbocycles. The molecule has 2 aliphatic rings. The van der Waals surface area contributed by atoms with Crippen molar-refractivity contribution in [2.45, 2.75) is 18.7 Å². The molecule has 4 rings (SSSR count). The Kier molecular flexibility index (Phi) is 3.65. The van der Waals surface area contributed by atoms with Gasteiger partial charge in [-0.2, -0.15) is 10.1 Å². The standard InChI is InChI=1S/C19H17N3OS/c1-3-21-15-11-7-8-12-16(15)24-19(21)17-13(2)20-22(18(17)23)14-9-5-4-6-10-14/h4-12H,3H2,1-2H3. The van der Waals surface area contributed by atoms with Crippen molar-refractivity contribution in [1.29, 1.82) is 0 Å². The van der Waals surface area contributed by atoms with Gasteiger partial charge in [0.2, 0.25) is 0 Å². The van der Waals surface area contributed by atoms with Crippen LogP contribution in [0.4, 0.5) is 11.4 Å². The van der Waals surface area contributed by atoms with Crippen LogP contribution in [0.15, 0.2) is 75.2 Å². The topological polar surface area (TPSA) is 35.9 Å². The number of hydrazone groups is 1. The highest BCUT2D eigenvalue weighted by atomic mass is 32.2. The minimum atomic E-state index is -0.0625. The molecule has 24 heavy (non-hydrogen) atoms. The highest BCUT2D eigenvalue weighted by Gasteiger charge is 2.36. The van der Waals surface area contributed by atoms with Gasteiger partial charge in [0, 0.05) is 11.4 Å². The number of carbonyl (C=O) groups excluding carboxylic acids is 1. The number of fused-ring (bicyclic) bond motifs is 1. The average molecular weight is 335 g/mol. The quantitative estimate of drug-likeness (QED) is 0.770. The largest absolute Gasteiger partial charge is 0.335 e. The van der Waals surface area contributed by atoms with Crippen molar-refractivity contribution in [1.82, 2.24) is 0 Å².